The normalized spacial score (nSPS) is 13.9. The summed E-state index contributed by atoms with van der Waals surface area (Å²) in [5, 5.41) is 0. The second kappa shape index (κ2) is 55.7. The van der Waals surface area contributed by atoms with Gasteiger partial charge in [0.2, 0.25) is 0 Å². The van der Waals surface area contributed by atoms with Crippen molar-refractivity contribution < 1.29 is 9.13 Å². The average molecular weight is 1380 g/mol. The molecule has 0 saturated heterocycles. The van der Waals surface area contributed by atoms with Crippen LogP contribution < -0.4 is 9.13 Å². The van der Waals surface area contributed by atoms with Crippen LogP contribution in [-0.4, -0.2) is 9.97 Å². The maximum Gasteiger partial charge on any atom is 0.258 e. The number of aryl methyl sites for hydroxylation is 2. The minimum absolute atomic E-state index is 0.101. The van der Waals surface area contributed by atoms with E-state index in [4.69, 9.17) is 0 Å². The largest absolute Gasteiger partial charge is 0.258 e. The molecule has 0 amide bonds. The summed E-state index contributed by atoms with van der Waals surface area (Å²) in [6.45, 7) is 14.2. The van der Waals surface area contributed by atoms with Crippen molar-refractivity contribution in [2.45, 2.75) is 424 Å². The quantitative estimate of drug-likeness (QED) is 0.0282. The van der Waals surface area contributed by atoms with Gasteiger partial charge in [-0.3, -0.25) is 0 Å². The van der Waals surface area contributed by atoms with Gasteiger partial charge >= 0.3 is 0 Å². The first-order valence-electron chi connectivity index (χ1n) is 44.3. The highest BCUT2D eigenvalue weighted by Gasteiger charge is 2.59. The average Bonchev–Trinajstić information content (AvgIpc) is 1.67. The molecule has 0 aliphatic rings. The smallest absolute Gasteiger partial charge is 0.247 e. The van der Waals surface area contributed by atoms with Crippen LogP contribution in [0, 0.1) is 5.92 Å². The van der Waals surface area contributed by atoms with E-state index < -0.39 is 0 Å². The maximum atomic E-state index is 4.33. The van der Waals surface area contributed by atoms with Crippen molar-refractivity contribution >= 4 is 0 Å². The number of rotatable bonds is 67. The third kappa shape index (κ3) is 33.1. The molecule has 0 aliphatic heterocycles. The van der Waals surface area contributed by atoms with E-state index in [1.165, 1.54) is 361 Å². The molecule has 5 unspecified atom stereocenters. The molecule has 564 valence electrons. The van der Waals surface area contributed by atoms with E-state index in [0.29, 0.717) is 0 Å². The zero-order valence-corrected chi connectivity index (χ0v) is 66.8. The predicted molar refractivity (Wildman–Crippen MR) is 441 cm³/mol. The molecule has 2 aromatic heterocycles. The molecule has 6 rings (SSSR count). The summed E-state index contributed by atoms with van der Waals surface area (Å²) in [6, 6.07) is 48.2. The van der Waals surface area contributed by atoms with Gasteiger partial charge in [0, 0.05) is 10.8 Å². The Kier molecular flexibility index (Phi) is 47.0. The van der Waals surface area contributed by atoms with Crippen molar-refractivity contribution in [2.75, 3.05) is 0 Å². The number of hydrogen-bond donors (Lipinski definition) is 2. The fraction of sp³-hybridized carbons (Fsp3) is 0.691. The number of hydrogen-bond acceptors (Lipinski definition) is 0. The van der Waals surface area contributed by atoms with Crippen LogP contribution in [-0.2, 0) is 36.8 Å². The Morgan fingerprint density at radius 1 is 0.287 bits per heavy atom. The van der Waals surface area contributed by atoms with Crippen molar-refractivity contribution in [1.82, 2.24) is 9.97 Å². The van der Waals surface area contributed by atoms with Gasteiger partial charge in [0.15, 0.2) is 0 Å². The summed E-state index contributed by atoms with van der Waals surface area (Å²) in [4.78, 5) is 8.56. The van der Waals surface area contributed by atoms with Crippen LogP contribution in [0.5, 0.6) is 0 Å². The van der Waals surface area contributed by atoms with Crippen LogP contribution in [0.1, 0.15) is 421 Å². The number of benzene rings is 4. The van der Waals surface area contributed by atoms with Gasteiger partial charge in [-0.25, -0.2) is 19.1 Å². The van der Waals surface area contributed by atoms with Gasteiger partial charge in [0.25, 0.3) is 11.6 Å². The van der Waals surface area contributed by atoms with Crippen LogP contribution in [0.4, 0.5) is 0 Å². The van der Waals surface area contributed by atoms with E-state index >= 15 is 0 Å². The molecular formula is C97H158N4+2. The summed E-state index contributed by atoms with van der Waals surface area (Å²) in [5.41, 5.74) is 5.26. The van der Waals surface area contributed by atoms with Crippen molar-refractivity contribution in [1.29, 1.82) is 0 Å². The molecule has 4 heteroatoms. The lowest BCUT2D eigenvalue weighted by atomic mass is 9.49. The third-order valence-electron chi connectivity index (χ3n) is 24.1. The van der Waals surface area contributed by atoms with Crippen molar-refractivity contribution in [3.05, 3.63) is 180 Å². The number of unbranched alkanes of at least 4 members (excludes halogenated alkanes) is 47. The Labute approximate surface area is 624 Å². The van der Waals surface area contributed by atoms with Crippen LogP contribution in [0.25, 0.3) is 0 Å². The molecule has 101 heavy (non-hydrogen) atoms. The summed E-state index contributed by atoms with van der Waals surface area (Å²) < 4.78 is 5.55. The Balaban J connectivity index is 1.44. The molecule has 0 radical (unpaired) electrons. The topological polar surface area (TPSA) is 39.3 Å². The van der Waals surface area contributed by atoms with E-state index in [-0.39, 0.29) is 28.6 Å². The van der Waals surface area contributed by atoms with Crippen molar-refractivity contribution in [2.24, 2.45) is 5.92 Å². The van der Waals surface area contributed by atoms with Crippen LogP contribution in [0.15, 0.2) is 146 Å². The first kappa shape index (κ1) is 85.2. The lowest BCUT2D eigenvalue weighted by molar-refractivity contribution is -0.707. The van der Waals surface area contributed by atoms with Crippen LogP contribution in [0.3, 0.4) is 0 Å². The number of imidazole rings is 2. The second-order valence-corrected chi connectivity index (χ2v) is 32.4. The fourth-order valence-corrected chi connectivity index (χ4v) is 18.1. The van der Waals surface area contributed by atoms with Crippen LogP contribution in [0.2, 0.25) is 0 Å². The van der Waals surface area contributed by atoms with E-state index in [1.54, 1.807) is 0 Å². The zero-order chi connectivity index (χ0) is 71.0. The summed E-state index contributed by atoms with van der Waals surface area (Å²) in [6.07, 6.45) is 83.8. The molecule has 0 aliphatic carbocycles. The monoisotopic (exact) mass is 1380 g/mol. The Morgan fingerprint density at radius 2 is 0.564 bits per heavy atom. The van der Waals surface area contributed by atoms with Gasteiger partial charge in [-0.15, -0.1) is 0 Å². The highest BCUT2D eigenvalue weighted by atomic mass is 15.1. The van der Waals surface area contributed by atoms with Gasteiger partial charge in [0.1, 0.15) is 24.8 Å². The number of nitrogens with one attached hydrogen (secondary N) is 2. The molecule has 0 bridgehead atoms. The molecule has 6 aromatic rings. The number of aromatic nitrogens is 4. The second-order valence-electron chi connectivity index (χ2n) is 32.4. The first-order valence-corrected chi connectivity index (χ1v) is 44.3. The van der Waals surface area contributed by atoms with Gasteiger partial charge in [-0.2, -0.15) is 0 Å². The molecule has 2 N–H and O–H groups in total. The van der Waals surface area contributed by atoms with Crippen molar-refractivity contribution in [3.63, 3.8) is 0 Å². The van der Waals surface area contributed by atoms with Gasteiger partial charge in [0.05, 0.1) is 24.9 Å². The highest BCUT2D eigenvalue weighted by molar-refractivity contribution is 5.41. The lowest BCUT2D eigenvalue weighted by Gasteiger charge is -2.52. The lowest BCUT2D eigenvalue weighted by Crippen LogP contribution is -2.55. The Morgan fingerprint density at radius 3 is 0.921 bits per heavy atom. The summed E-state index contributed by atoms with van der Waals surface area (Å²) in [7, 11) is 0. The van der Waals surface area contributed by atoms with Gasteiger partial charge in [-0.1, -0.05) is 458 Å². The van der Waals surface area contributed by atoms with E-state index in [9.17, 15) is 0 Å². The molecule has 4 nitrogen and oxygen atoms in total. The number of H-pyrrole nitrogens is 2. The van der Waals surface area contributed by atoms with E-state index in [2.05, 4.69) is 200 Å². The highest BCUT2D eigenvalue weighted by Crippen LogP contribution is 2.59. The fourth-order valence-electron chi connectivity index (χ4n) is 18.1. The Bertz CT molecular complexity index is 2780. The molecule has 0 spiro atoms. The van der Waals surface area contributed by atoms with Gasteiger partial charge in [-0.05, 0) is 79.5 Å². The molecule has 5 atom stereocenters. The van der Waals surface area contributed by atoms with Crippen molar-refractivity contribution in [3.8, 4) is 0 Å². The molecular weight excluding hydrogens is 1220 g/mol. The minimum Gasteiger partial charge on any atom is -0.247 e. The zero-order valence-electron chi connectivity index (χ0n) is 66.8. The molecule has 0 fully saturated rings. The third-order valence-corrected chi connectivity index (χ3v) is 24.1. The SMILES string of the molecule is CCCCCCCCCCCCCCCCCCCC(C(c1[nH]cc[n+]1CCCCCCCCCCC)C(Cc1ccccc1)(c1ccccc1)C(CCCCCCCCCCCCCCCCCC)c1[nH]cc[n+]1CCCCCCCCCCC)C(C)(Cc1ccccc1)c1ccccc1. The summed E-state index contributed by atoms with van der Waals surface area (Å²) in [5.74, 6) is 3.45. The Hall–Kier alpha value is -4.70. The number of aromatic amines is 2. The summed E-state index contributed by atoms with van der Waals surface area (Å²) >= 11 is 0. The molecule has 0 saturated carbocycles. The number of nitrogens with zero attached hydrogens (tertiary/aromatic N) is 2. The molecule has 4 aromatic carbocycles. The first-order chi connectivity index (χ1) is 50.0. The van der Waals surface area contributed by atoms with E-state index in [0.717, 1.165) is 38.8 Å². The maximum absolute atomic E-state index is 4.33. The predicted octanol–water partition coefficient (Wildman–Crippen LogP) is 29.5. The standard InChI is InChI=1S/C97H156N4/c1-6-10-14-18-22-26-28-30-32-34-36-37-39-41-45-49-65-77-91(96(5,89-73-61-55-62-74-89)85-87-69-57-53-58-70-87)93(95-99-80-84-101(95)82-68-52-48-44-25-21-17-13-9-4)97(90-75-63-56-64-76-90,86-88-71-59-54-60-72-88)92(94-98-79-83-100(94)81-67-51-47-43-24-20-16-12-8-3)78-66-50-46-42-40-38-35-33-31-29-27-23-19-15-11-7-2/h53-64,69-76,79-80,83-84,91-93H,6-52,65-68,77-78,81-82,85-86H2,1-5H3/p+2. The van der Waals surface area contributed by atoms with E-state index in [1.807, 2.05) is 0 Å². The molecule has 2 heterocycles. The van der Waals surface area contributed by atoms with Gasteiger partial charge < -0.3 is 0 Å². The van der Waals surface area contributed by atoms with Crippen LogP contribution >= 0.6 is 0 Å². The minimum atomic E-state index is -0.389.